The Labute approximate surface area is 201 Å². The molecule has 3 aromatic heterocycles. The molecule has 0 atom stereocenters. The average Bonchev–Trinajstić information content (AvgIpc) is 3.45. The lowest BCUT2D eigenvalue weighted by atomic mass is 10.1. The summed E-state index contributed by atoms with van der Waals surface area (Å²) in [5, 5.41) is 6.70. The van der Waals surface area contributed by atoms with Crippen molar-refractivity contribution in [3.63, 3.8) is 0 Å². The number of hydrogen-bond donors (Lipinski definition) is 1. The van der Waals surface area contributed by atoms with Crippen LogP contribution in [-0.4, -0.2) is 40.8 Å². The van der Waals surface area contributed by atoms with Crippen LogP contribution in [0.2, 0.25) is 0 Å². The summed E-state index contributed by atoms with van der Waals surface area (Å²) in [7, 11) is 4.76. The van der Waals surface area contributed by atoms with Gasteiger partial charge in [0.2, 0.25) is 5.75 Å². The largest absolute Gasteiger partial charge is 0.493 e. The molecule has 0 radical (unpaired) electrons. The molecule has 0 fully saturated rings. The van der Waals surface area contributed by atoms with Crippen molar-refractivity contribution < 1.29 is 14.2 Å². The maximum atomic E-state index is 5.49. The number of nitrogens with one attached hydrogen (secondary N) is 1. The second kappa shape index (κ2) is 8.83. The van der Waals surface area contributed by atoms with Crippen molar-refractivity contribution in [3.8, 4) is 28.6 Å². The molecular formula is C25H25N5O3S. The number of methoxy groups -OCH3 is 3. The molecule has 0 spiro atoms. The Hall–Kier alpha value is -3.85. The van der Waals surface area contributed by atoms with Crippen LogP contribution >= 0.6 is 11.3 Å². The lowest BCUT2D eigenvalue weighted by Crippen LogP contribution is -2.04. The first-order valence-electron chi connectivity index (χ1n) is 10.8. The van der Waals surface area contributed by atoms with Gasteiger partial charge in [0.05, 0.1) is 21.3 Å². The molecule has 174 valence electrons. The van der Waals surface area contributed by atoms with Crippen LogP contribution in [0.15, 0.2) is 48.1 Å². The second-order valence-electron chi connectivity index (χ2n) is 7.98. The van der Waals surface area contributed by atoms with Crippen LogP contribution in [-0.2, 0) is 0 Å². The standard InChI is InChI=1S/C25H25N5O3S/c1-14(2)30-24(17-12-34-20-9-7-6-8-16(17)20)29-21-23(26-13-27-25(21)30)28-15-10-18(31-3)22(33-5)19(11-15)32-4/h6-14H,1-5H3,(H,26,27,28). The fourth-order valence-electron chi connectivity index (χ4n) is 4.12. The maximum Gasteiger partial charge on any atom is 0.203 e. The first kappa shape index (κ1) is 22.0. The van der Waals surface area contributed by atoms with Crippen molar-refractivity contribution in [2.75, 3.05) is 26.6 Å². The van der Waals surface area contributed by atoms with Gasteiger partial charge in [0.15, 0.2) is 28.5 Å². The van der Waals surface area contributed by atoms with E-state index in [2.05, 4.69) is 63.3 Å². The Bertz CT molecular complexity index is 1470. The van der Waals surface area contributed by atoms with E-state index >= 15 is 0 Å². The van der Waals surface area contributed by atoms with Gasteiger partial charge in [-0.05, 0) is 19.9 Å². The first-order valence-corrected chi connectivity index (χ1v) is 11.7. The number of hydrogen-bond acceptors (Lipinski definition) is 8. The molecule has 2 aromatic carbocycles. The quantitative estimate of drug-likeness (QED) is 0.306. The molecule has 5 aromatic rings. The molecule has 9 heteroatoms. The van der Waals surface area contributed by atoms with Crippen LogP contribution in [0.3, 0.4) is 0 Å². The molecule has 3 heterocycles. The van der Waals surface area contributed by atoms with E-state index in [1.165, 1.54) is 10.1 Å². The summed E-state index contributed by atoms with van der Waals surface area (Å²) in [6.07, 6.45) is 1.55. The summed E-state index contributed by atoms with van der Waals surface area (Å²) >= 11 is 1.71. The van der Waals surface area contributed by atoms with E-state index in [0.29, 0.717) is 28.6 Å². The minimum atomic E-state index is 0.155. The monoisotopic (exact) mass is 475 g/mol. The molecule has 0 unspecified atom stereocenters. The second-order valence-corrected chi connectivity index (χ2v) is 8.89. The zero-order valence-electron chi connectivity index (χ0n) is 19.6. The summed E-state index contributed by atoms with van der Waals surface area (Å²) in [4.78, 5) is 14.1. The van der Waals surface area contributed by atoms with Gasteiger partial charge < -0.3 is 24.1 Å². The summed E-state index contributed by atoms with van der Waals surface area (Å²) in [6.45, 7) is 4.27. The third-order valence-electron chi connectivity index (χ3n) is 5.64. The number of aromatic nitrogens is 4. The lowest BCUT2D eigenvalue weighted by molar-refractivity contribution is 0.324. The molecule has 0 amide bonds. The van der Waals surface area contributed by atoms with Crippen molar-refractivity contribution in [3.05, 3.63) is 48.1 Å². The average molecular weight is 476 g/mol. The van der Waals surface area contributed by atoms with Crippen LogP contribution in [0, 0.1) is 0 Å². The van der Waals surface area contributed by atoms with E-state index in [-0.39, 0.29) is 6.04 Å². The van der Waals surface area contributed by atoms with E-state index in [1.54, 1.807) is 39.0 Å². The zero-order chi connectivity index (χ0) is 23.8. The smallest absolute Gasteiger partial charge is 0.203 e. The van der Waals surface area contributed by atoms with Crippen molar-refractivity contribution in [1.29, 1.82) is 0 Å². The summed E-state index contributed by atoms with van der Waals surface area (Å²) in [5.74, 6) is 3.09. The molecule has 1 N–H and O–H groups in total. The molecule has 0 aliphatic heterocycles. The third-order valence-corrected chi connectivity index (χ3v) is 6.61. The number of benzene rings is 2. The van der Waals surface area contributed by atoms with Gasteiger partial charge in [0.1, 0.15) is 12.2 Å². The van der Waals surface area contributed by atoms with E-state index in [0.717, 1.165) is 22.7 Å². The number of thiophene rings is 1. The Kier molecular flexibility index (Phi) is 5.70. The van der Waals surface area contributed by atoms with E-state index < -0.39 is 0 Å². The molecule has 0 aliphatic carbocycles. The summed E-state index contributed by atoms with van der Waals surface area (Å²) in [5.41, 5.74) is 3.28. The van der Waals surface area contributed by atoms with Crippen molar-refractivity contribution in [2.24, 2.45) is 0 Å². The van der Waals surface area contributed by atoms with Crippen molar-refractivity contribution in [1.82, 2.24) is 19.5 Å². The molecule has 0 saturated carbocycles. The predicted octanol–water partition coefficient (Wildman–Crippen LogP) is 6.06. The first-order chi connectivity index (χ1) is 16.5. The Morgan fingerprint density at radius 1 is 0.971 bits per heavy atom. The van der Waals surface area contributed by atoms with Gasteiger partial charge in [0.25, 0.3) is 0 Å². The highest BCUT2D eigenvalue weighted by Gasteiger charge is 2.22. The van der Waals surface area contributed by atoms with Crippen LogP contribution in [0.1, 0.15) is 19.9 Å². The topological polar surface area (TPSA) is 83.3 Å². The van der Waals surface area contributed by atoms with Gasteiger partial charge in [-0.15, -0.1) is 11.3 Å². The number of rotatable bonds is 7. The molecular weight excluding hydrogens is 450 g/mol. The van der Waals surface area contributed by atoms with Crippen LogP contribution in [0.4, 0.5) is 11.5 Å². The van der Waals surface area contributed by atoms with Crippen molar-refractivity contribution in [2.45, 2.75) is 19.9 Å². The number of imidazole rings is 1. The molecule has 0 aliphatic rings. The van der Waals surface area contributed by atoms with Crippen LogP contribution in [0.5, 0.6) is 17.2 Å². The molecule has 0 saturated heterocycles. The Balaban J connectivity index is 1.67. The maximum absolute atomic E-state index is 5.49. The Morgan fingerprint density at radius 2 is 1.71 bits per heavy atom. The number of fused-ring (bicyclic) bond motifs is 2. The van der Waals surface area contributed by atoms with Crippen molar-refractivity contribution >= 4 is 44.1 Å². The SMILES string of the molecule is COc1cc(Nc2ncnc3c2nc(-c2csc4ccccc24)n3C(C)C)cc(OC)c1OC. The highest BCUT2D eigenvalue weighted by molar-refractivity contribution is 7.17. The zero-order valence-corrected chi connectivity index (χ0v) is 20.4. The highest BCUT2D eigenvalue weighted by Crippen LogP contribution is 2.41. The lowest BCUT2D eigenvalue weighted by Gasteiger charge is -2.15. The minimum Gasteiger partial charge on any atom is -0.493 e. The summed E-state index contributed by atoms with van der Waals surface area (Å²) in [6, 6.07) is 12.2. The normalized spacial score (nSPS) is 11.4. The Morgan fingerprint density at radius 3 is 2.38 bits per heavy atom. The minimum absolute atomic E-state index is 0.155. The van der Waals surface area contributed by atoms with E-state index in [9.17, 15) is 0 Å². The van der Waals surface area contributed by atoms with Gasteiger partial charge in [0, 0.05) is 44.9 Å². The molecule has 5 rings (SSSR count). The number of ether oxygens (including phenoxy) is 3. The van der Waals surface area contributed by atoms with E-state index in [1.807, 2.05) is 12.1 Å². The fraction of sp³-hybridized carbons (Fsp3) is 0.240. The molecule has 0 bridgehead atoms. The van der Waals surface area contributed by atoms with Gasteiger partial charge in [-0.3, -0.25) is 0 Å². The molecule has 8 nitrogen and oxygen atoms in total. The number of nitrogens with zero attached hydrogens (tertiary/aromatic N) is 4. The van der Waals surface area contributed by atoms with Crippen LogP contribution in [0.25, 0.3) is 32.6 Å². The highest BCUT2D eigenvalue weighted by atomic mass is 32.1. The third kappa shape index (κ3) is 3.58. The van der Waals surface area contributed by atoms with Gasteiger partial charge in [-0.2, -0.15) is 0 Å². The van der Waals surface area contributed by atoms with E-state index in [4.69, 9.17) is 19.2 Å². The fourth-order valence-corrected chi connectivity index (χ4v) is 5.06. The van der Waals surface area contributed by atoms with Gasteiger partial charge in [-0.25, -0.2) is 15.0 Å². The predicted molar refractivity (Wildman–Crippen MR) is 136 cm³/mol. The van der Waals surface area contributed by atoms with Gasteiger partial charge in [-0.1, -0.05) is 18.2 Å². The van der Waals surface area contributed by atoms with Crippen LogP contribution < -0.4 is 19.5 Å². The number of anilines is 2. The van der Waals surface area contributed by atoms with Gasteiger partial charge >= 0.3 is 0 Å². The summed E-state index contributed by atoms with van der Waals surface area (Å²) < 4.78 is 19.8. The molecule has 34 heavy (non-hydrogen) atoms.